The van der Waals surface area contributed by atoms with Crippen molar-refractivity contribution < 1.29 is 13.5 Å². The van der Waals surface area contributed by atoms with Crippen LogP contribution in [0.1, 0.15) is 18.1 Å². The summed E-state index contributed by atoms with van der Waals surface area (Å²) >= 11 is 0. The number of hydrogen-bond acceptors (Lipinski definition) is 4. The SMILES string of the molecule is O=S(=O)(NCCC(O)c1ccccc1)c1cccc2ncccc12. The first-order valence-corrected chi connectivity index (χ1v) is 9.13. The van der Waals surface area contributed by atoms with E-state index in [1.807, 2.05) is 30.3 Å². The maximum Gasteiger partial charge on any atom is 0.241 e. The molecule has 1 unspecified atom stereocenters. The van der Waals surface area contributed by atoms with Gasteiger partial charge in [-0.25, -0.2) is 13.1 Å². The Labute approximate surface area is 141 Å². The van der Waals surface area contributed by atoms with Crippen LogP contribution in [-0.4, -0.2) is 25.1 Å². The topological polar surface area (TPSA) is 79.3 Å². The van der Waals surface area contributed by atoms with E-state index in [4.69, 9.17) is 0 Å². The molecule has 2 N–H and O–H groups in total. The molecule has 0 aliphatic rings. The van der Waals surface area contributed by atoms with Gasteiger partial charge in [0.1, 0.15) is 0 Å². The third kappa shape index (κ3) is 3.62. The lowest BCUT2D eigenvalue weighted by Crippen LogP contribution is -2.26. The molecule has 124 valence electrons. The normalized spacial score (nSPS) is 13.0. The van der Waals surface area contributed by atoms with Gasteiger partial charge in [-0.15, -0.1) is 0 Å². The Morgan fingerprint density at radius 2 is 1.79 bits per heavy atom. The number of pyridine rings is 1. The summed E-state index contributed by atoms with van der Waals surface area (Å²) in [6, 6.07) is 17.6. The molecule has 2 aromatic carbocycles. The van der Waals surface area contributed by atoms with Crippen molar-refractivity contribution in [2.75, 3.05) is 6.54 Å². The van der Waals surface area contributed by atoms with Gasteiger partial charge in [0, 0.05) is 18.1 Å². The van der Waals surface area contributed by atoms with E-state index in [2.05, 4.69) is 9.71 Å². The van der Waals surface area contributed by atoms with E-state index in [-0.39, 0.29) is 11.4 Å². The highest BCUT2D eigenvalue weighted by atomic mass is 32.2. The van der Waals surface area contributed by atoms with Crippen LogP contribution in [0.2, 0.25) is 0 Å². The highest BCUT2D eigenvalue weighted by molar-refractivity contribution is 7.89. The number of fused-ring (bicyclic) bond motifs is 1. The molecule has 0 saturated carbocycles. The highest BCUT2D eigenvalue weighted by Gasteiger charge is 2.17. The van der Waals surface area contributed by atoms with Crippen molar-refractivity contribution in [3.8, 4) is 0 Å². The fourth-order valence-electron chi connectivity index (χ4n) is 2.56. The van der Waals surface area contributed by atoms with Crippen LogP contribution in [0.3, 0.4) is 0 Å². The van der Waals surface area contributed by atoms with Crippen molar-refractivity contribution in [2.45, 2.75) is 17.4 Å². The Hall–Kier alpha value is -2.28. The van der Waals surface area contributed by atoms with Crippen LogP contribution >= 0.6 is 0 Å². The van der Waals surface area contributed by atoms with Crippen LogP contribution in [0, 0.1) is 0 Å². The smallest absolute Gasteiger partial charge is 0.241 e. The average molecular weight is 342 g/mol. The summed E-state index contributed by atoms with van der Waals surface area (Å²) in [6.07, 6.45) is 1.22. The second-order valence-corrected chi connectivity index (χ2v) is 7.17. The summed E-state index contributed by atoms with van der Waals surface area (Å²) in [5, 5.41) is 10.7. The summed E-state index contributed by atoms with van der Waals surface area (Å²) in [5.41, 5.74) is 1.40. The molecule has 1 aromatic heterocycles. The van der Waals surface area contributed by atoms with Gasteiger partial charge in [0.25, 0.3) is 0 Å². The molecule has 1 atom stereocenters. The second-order valence-electron chi connectivity index (χ2n) is 5.44. The van der Waals surface area contributed by atoms with Gasteiger partial charge in [-0.3, -0.25) is 4.98 Å². The summed E-state index contributed by atoms with van der Waals surface area (Å²) in [6.45, 7) is 0.148. The van der Waals surface area contributed by atoms with Gasteiger partial charge in [0.15, 0.2) is 0 Å². The second kappa shape index (κ2) is 7.09. The summed E-state index contributed by atoms with van der Waals surface area (Å²) in [7, 11) is -3.67. The fourth-order valence-corrected chi connectivity index (χ4v) is 3.82. The number of aromatic nitrogens is 1. The Morgan fingerprint density at radius 1 is 1.00 bits per heavy atom. The Bertz CT molecular complexity index is 922. The van der Waals surface area contributed by atoms with Crippen LogP contribution < -0.4 is 4.72 Å². The monoisotopic (exact) mass is 342 g/mol. The van der Waals surface area contributed by atoms with Gasteiger partial charge in [-0.2, -0.15) is 0 Å². The van der Waals surface area contributed by atoms with Crippen molar-refractivity contribution >= 4 is 20.9 Å². The third-order valence-corrected chi connectivity index (χ3v) is 5.31. The van der Waals surface area contributed by atoms with Crippen molar-refractivity contribution in [3.63, 3.8) is 0 Å². The van der Waals surface area contributed by atoms with Gasteiger partial charge >= 0.3 is 0 Å². The summed E-state index contributed by atoms with van der Waals surface area (Å²) in [5.74, 6) is 0. The predicted octanol–water partition coefficient (Wildman–Crippen LogP) is 2.64. The van der Waals surface area contributed by atoms with Crippen LogP contribution in [-0.2, 0) is 10.0 Å². The molecule has 0 bridgehead atoms. The van der Waals surface area contributed by atoms with E-state index < -0.39 is 16.1 Å². The van der Waals surface area contributed by atoms with Gasteiger partial charge in [0.05, 0.1) is 16.5 Å². The molecule has 5 nitrogen and oxygen atoms in total. The zero-order chi connectivity index (χ0) is 17.0. The van der Waals surface area contributed by atoms with Gasteiger partial charge in [0.2, 0.25) is 10.0 Å². The minimum absolute atomic E-state index is 0.148. The number of rotatable bonds is 6. The first-order valence-electron chi connectivity index (χ1n) is 7.64. The Balaban J connectivity index is 1.72. The predicted molar refractivity (Wildman–Crippen MR) is 93.0 cm³/mol. The minimum Gasteiger partial charge on any atom is -0.388 e. The molecular formula is C18H18N2O3S. The number of aliphatic hydroxyl groups is 1. The van der Waals surface area contributed by atoms with Crippen molar-refractivity contribution in [1.29, 1.82) is 0 Å². The van der Waals surface area contributed by atoms with Crippen molar-refractivity contribution in [1.82, 2.24) is 9.71 Å². The number of hydrogen-bond donors (Lipinski definition) is 2. The molecule has 0 saturated heterocycles. The summed E-state index contributed by atoms with van der Waals surface area (Å²) < 4.78 is 27.6. The molecule has 1 heterocycles. The van der Waals surface area contributed by atoms with Gasteiger partial charge in [-0.05, 0) is 36.2 Å². The molecule has 0 aliphatic carbocycles. The largest absolute Gasteiger partial charge is 0.388 e. The highest BCUT2D eigenvalue weighted by Crippen LogP contribution is 2.21. The minimum atomic E-state index is -3.67. The Kier molecular flexibility index (Phi) is 4.89. The Morgan fingerprint density at radius 3 is 2.58 bits per heavy atom. The number of nitrogens with one attached hydrogen (secondary N) is 1. The zero-order valence-electron chi connectivity index (χ0n) is 13.0. The van der Waals surface area contributed by atoms with E-state index in [1.165, 1.54) is 0 Å². The van der Waals surface area contributed by atoms with E-state index >= 15 is 0 Å². The zero-order valence-corrected chi connectivity index (χ0v) is 13.8. The standard InChI is InChI=1S/C18H18N2O3S/c21-17(14-6-2-1-3-7-14)11-13-20-24(22,23)18-10-4-9-16-15(18)8-5-12-19-16/h1-10,12,17,20-21H,11,13H2. The van der Waals surface area contributed by atoms with Crippen LogP contribution in [0.15, 0.2) is 71.8 Å². The number of nitrogens with zero attached hydrogens (tertiary/aromatic N) is 1. The maximum absolute atomic E-state index is 12.5. The number of sulfonamides is 1. The van der Waals surface area contributed by atoms with E-state index in [1.54, 1.807) is 36.5 Å². The maximum atomic E-state index is 12.5. The first-order chi connectivity index (χ1) is 11.6. The average Bonchev–Trinajstić information content (AvgIpc) is 2.61. The molecule has 0 spiro atoms. The number of benzene rings is 2. The van der Waals surface area contributed by atoms with Crippen LogP contribution in [0.4, 0.5) is 0 Å². The lowest BCUT2D eigenvalue weighted by Gasteiger charge is -2.12. The van der Waals surface area contributed by atoms with Crippen LogP contribution in [0.25, 0.3) is 10.9 Å². The lowest BCUT2D eigenvalue weighted by atomic mass is 10.1. The molecule has 3 rings (SSSR count). The molecular weight excluding hydrogens is 324 g/mol. The quantitative estimate of drug-likeness (QED) is 0.722. The van der Waals surface area contributed by atoms with E-state index in [0.717, 1.165) is 5.56 Å². The summed E-state index contributed by atoms with van der Waals surface area (Å²) in [4.78, 5) is 4.37. The molecule has 6 heteroatoms. The molecule has 3 aromatic rings. The third-order valence-electron chi connectivity index (χ3n) is 3.79. The molecule has 0 radical (unpaired) electrons. The first kappa shape index (κ1) is 16.6. The van der Waals surface area contributed by atoms with Gasteiger partial charge in [-0.1, -0.05) is 36.4 Å². The van der Waals surface area contributed by atoms with Crippen molar-refractivity contribution in [2.24, 2.45) is 0 Å². The lowest BCUT2D eigenvalue weighted by molar-refractivity contribution is 0.169. The molecule has 0 aliphatic heterocycles. The van der Waals surface area contributed by atoms with Crippen LogP contribution in [0.5, 0.6) is 0 Å². The van der Waals surface area contributed by atoms with E-state index in [0.29, 0.717) is 17.3 Å². The van der Waals surface area contributed by atoms with Gasteiger partial charge < -0.3 is 5.11 Å². The molecule has 0 amide bonds. The fraction of sp³-hybridized carbons (Fsp3) is 0.167. The van der Waals surface area contributed by atoms with Crippen molar-refractivity contribution in [3.05, 3.63) is 72.4 Å². The molecule has 24 heavy (non-hydrogen) atoms. The van der Waals surface area contributed by atoms with E-state index in [9.17, 15) is 13.5 Å². The molecule has 0 fully saturated rings. The number of aliphatic hydroxyl groups excluding tert-OH is 1.